The molecule has 1 heterocycles. The molecule has 0 aromatic heterocycles. The van der Waals surface area contributed by atoms with Crippen molar-refractivity contribution in [1.29, 1.82) is 0 Å². The summed E-state index contributed by atoms with van der Waals surface area (Å²) in [5.74, 6) is 0.759. The Bertz CT molecular complexity index is 473. The molecule has 0 saturated carbocycles. The van der Waals surface area contributed by atoms with Crippen molar-refractivity contribution in [3.63, 3.8) is 0 Å². The molecule has 2 N–H and O–H groups in total. The zero-order chi connectivity index (χ0) is 13.3. The highest BCUT2D eigenvalue weighted by Gasteiger charge is 2.27. The fourth-order valence-electron chi connectivity index (χ4n) is 2.44. The molecule has 2 rings (SSSR count). The Balaban J connectivity index is 2.24. The van der Waals surface area contributed by atoms with E-state index in [9.17, 15) is 4.79 Å². The molecule has 1 aromatic carbocycles. The number of nitrogen functional groups attached to an aromatic ring is 1. The lowest BCUT2D eigenvalue weighted by Gasteiger charge is -2.18. The minimum absolute atomic E-state index is 0.108. The quantitative estimate of drug-likeness (QED) is 0.853. The highest BCUT2D eigenvalue weighted by molar-refractivity contribution is 9.10. The van der Waals surface area contributed by atoms with E-state index in [1.165, 1.54) is 0 Å². The average molecular weight is 311 g/mol. The third-order valence-electron chi connectivity index (χ3n) is 3.79. The van der Waals surface area contributed by atoms with E-state index >= 15 is 0 Å². The summed E-state index contributed by atoms with van der Waals surface area (Å²) < 4.78 is 0.861. The maximum absolute atomic E-state index is 12.5. The number of nitrogens with zero attached hydrogens (tertiary/aromatic N) is 1. The van der Waals surface area contributed by atoms with Crippen LogP contribution >= 0.6 is 15.9 Å². The van der Waals surface area contributed by atoms with E-state index in [1.54, 1.807) is 0 Å². The SMILES string of the molecule is CCC1CCN(C(=O)c2cc(Br)cc(N)c2C)C1. The van der Waals surface area contributed by atoms with E-state index in [0.717, 1.165) is 41.5 Å². The molecule has 0 aliphatic carbocycles. The Morgan fingerprint density at radius 1 is 1.56 bits per heavy atom. The molecule has 0 radical (unpaired) electrons. The first-order chi connectivity index (χ1) is 8.52. The molecular formula is C14H19BrN2O. The molecule has 3 nitrogen and oxygen atoms in total. The van der Waals surface area contributed by atoms with Gasteiger partial charge in [0.1, 0.15) is 0 Å². The van der Waals surface area contributed by atoms with Crippen LogP contribution in [0.3, 0.4) is 0 Å². The molecule has 1 aliphatic rings. The first-order valence-electron chi connectivity index (χ1n) is 6.37. The second-order valence-electron chi connectivity index (χ2n) is 4.98. The van der Waals surface area contributed by atoms with Crippen molar-refractivity contribution in [2.75, 3.05) is 18.8 Å². The lowest BCUT2D eigenvalue weighted by Crippen LogP contribution is -2.29. The number of rotatable bonds is 2. The van der Waals surface area contributed by atoms with Crippen molar-refractivity contribution in [1.82, 2.24) is 4.90 Å². The predicted octanol–water partition coefficient (Wildman–Crippen LogP) is 3.21. The molecule has 1 aromatic rings. The summed E-state index contributed by atoms with van der Waals surface area (Å²) in [6, 6.07) is 3.71. The number of hydrogen-bond acceptors (Lipinski definition) is 2. The molecule has 1 unspecified atom stereocenters. The van der Waals surface area contributed by atoms with Gasteiger partial charge in [-0.25, -0.2) is 0 Å². The molecule has 1 saturated heterocycles. The summed E-state index contributed by atoms with van der Waals surface area (Å²) in [5.41, 5.74) is 8.18. The Morgan fingerprint density at radius 2 is 2.28 bits per heavy atom. The van der Waals surface area contributed by atoms with Gasteiger partial charge < -0.3 is 10.6 Å². The Hall–Kier alpha value is -1.03. The van der Waals surface area contributed by atoms with E-state index in [1.807, 2.05) is 24.0 Å². The van der Waals surface area contributed by atoms with Crippen LogP contribution in [0.25, 0.3) is 0 Å². The molecule has 18 heavy (non-hydrogen) atoms. The van der Waals surface area contributed by atoms with Gasteiger partial charge in [-0.1, -0.05) is 29.3 Å². The standard InChI is InChI=1S/C14H19BrN2O/c1-3-10-4-5-17(8-10)14(18)12-6-11(15)7-13(16)9(12)2/h6-7,10H,3-5,8,16H2,1-2H3. The number of amides is 1. The normalized spacial score (nSPS) is 19.3. The topological polar surface area (TPSA) is 46.3 Å². The Labute approximate surface area is 116 Å². The first-order valence-corrected chi connectivity index (χ1v) is 7.17. The van der Waals surface area contributed by atoms with Crippen LogP contribution in [-0.2, 0) is 0 Å². The van der Waals surface area contributed by atoms with Gasteiger partial charge in [0.15, 0.2) is 0 Å². The maximum Gasteiger partial charge on any atom is 0.254 e. The Morgan fingerprint density at radius 3 is 2.89 bits per heavy atom. The fraction of sp³-hybridized carbons (Fsp3) is 0.500. The van der Waals surface area contributed by atoms with Gasteiger partial charge in [-0.2, -0.15) is 0 Å². The van der Waals surface area contributed by atoms with Crippen molar-refractivity contribution in [2.24, 2.45) is 5.92 Å². The smallest absolute Gasteiger partial charge is 0.254 e. The highest BCUT2D eigenvalue weighted by Crippen LogP contribution is 2.26. The lowest BCUT2D eigenvalue weighted by molar-refractivity contribution is 0.0786. The molecule has 98 valence electrons. The van der Waals surface area contributed by atoms with Crippen LogP contribution in [-0.4, -0.2) is 23.9 Å². The molecule has 0 spiro atoms. The predicted molar refractivity (Wildman–Crippen MR) is 77.6 cm³/mol. The van der Waals surface area contributed by atoms with Crippen molar-refractivity contribution in [3.05, 3.63) is 27.7 Å². The van der Waals surface area contributed by atoms with Gasteiger partial charge in [0.05, 0.1) is 0 Å². The van der Waals surface area contributed by atoms with E-state index in [2.05, 4.69) is 22.9 Å². The zero-order valence-corrected chi connectivity index (χ0v) is 12.5. The largest absolute Gasteiger partial charge is 0.398 e. The summed E-state index contributed by atoms with van der Waals surface area (Å²) in [7, 11) is 0. The number of halogens is 1. The minimum atomic E-state index is 0.108. The second kappa shape index (κ2) is 5.31. The first kappa shape index (κ1) is 13.4. The van der Waals surface area contributed by atoms with Gasteiger partial charge in [0.2, 0.25) is 0 Å². The zero-order valence-electron chi connectivity index (χ0n) is 10.9. The maximum atomic E-state index is 12.5. The van der Waals surface area contributed by atoms with Crippen molar-refractivity contribution in [3.8, 4) is 0 Å². The van der Waals surface area contributed by atoms with Crippen LogP contribution in [0.2, 0.25) is 0 Å². The molecule has 1 amide bonds. The molecule has 0 bridgehead atoms. The van der Waals surface area contributed by atoms with E-state index in [4.69, 9.17) is 5.73 Å². The van der Waals surface area contributed by atoms with Crippen molar-refractivity contribution >= 4 is 27.5 Å². The van der Waals surface area contributed by atoms with E-state index in [-0.39, 0.29) is 5.91 Å². The van der Waals surface area contributed by atoms with Gasteiger partial charge in [-0.05, 0) is 37.0 Å². The Kier molecular flexibility index (Phi) is 3.95. The van der Waals surface area contributed by atoms with Crippen molar-refractivity contribution in [2.45, 2.75) is 26.7 Å². The summed E-state index contributed by atoms with van der Waals surface area (Å²) in [4.78, 5) is 14.4. The third kappa shape index (κ3) is 2.53. The summed E-state index contributed by atoms with van der Waals surface area (Å²) in [6.45, 7) is 5.83. The number of likely N-dealkylation sites (tertiary alicyclic amines) is 1. The van der Waals surface area contributed by atoms with Crippen LogP contribution in [0, 0.1) is 12.8 Å². The molecule has 4 heteroatoms. The van der Waals surface area contributed by atoms with Crippen LogP contribution < -0.4 is 5.73 Å². The van der Waals surface area contributed by atoms with Gasteiger partial charge in [0, 0.05) is 28.8 Å². The van der Waals surface area contributed by atoms with Crippen LogP contribution in [0.1, 0.15) is 35.7 Å². The lowest BCUT2D eigenvalue weighted by atomic mass is 10.1. The average Bonchev–Trinajstić information content (AvgIpc) is 2.81. The molecule has 1 atom stereocenters. The summed E-state index contributed by atoms with van der Waals surface area (Å²) >= 11 is 3.40. The minimum Gasteiger partial charge on any atom is -0.398 e. The van der Waals surface area contributed by atoms with Crippen LogP contribution in [0.5, 0.6) is 0 Å². The van der Waals surface area contributed by atoms with E-state index in [0.29, 0.717) is 11.6 Å². The third-order valence-corrected chi connectivity index (χ3v) is 4.25. The molecule has 1 fully saturated rings. The van der Waals surface area contributed by atoms with Crippen molar-refractivity contribution < 1.29 is 4.79 Å². The molecule has 1 aliphatic heterocycles. The van der Waals surface area contributed by atoms with Crippen LogP contribution in [0.15, 0.2) is 16.6 Å². The number of anilines is 1. The molecular weight excluding hydrogens is 292 g/mol. The van der Waals surface area contributed by atoms with Gasteiger partial charge in [0.25, 0.3) is 5.91 Å². The highest BCUT2D eigenvalue weighted by atomic mass is 79.9. The van der Waals surface area contributed by atoms with Gasteiger partial charge >= 0.3 is 0 Å². The number of hydrogen-bond donors (Lipinski definition) is 1. The number of benzene rings is 1. The van der Waals surface area contributed by atoms with Crippen LogP contribution in [0.4, 0.5) is 5.69 Å². The van der Waals surface area contributed by atoms with Gasteiger partial charge in [-0.3, -0.25) is 4.79 Å². The fourth-order valence-corrected chi connectivity index (χ4v) is 2.92. The van der Waals surface area contributed by atoms with Gasteiger partial charge in [-0.15, -0.1) is 0 Å². The summed E-state index contributed by atoms with van der Waals surface area (Å²) in [6.07, 6.45) is 2.26. The monoisotopic (exact) mass is 310 g/mol. The second-order valence-corrected chi connectivity index (χ2v) is 5.90. The summed E-state index contributed by atoms with van der Waals surface area (Å²) in [5, 5.41) is 0. The number of carbonyl (C=O) groups is 1. The number of nitrogens with two attached hydrogens (primary N) is 1. The van der Waals surface area contributed by atoms with E-state index < -0.39 is 0 Å². The number of carbonyl (C=O) groups excluding carboxylic acids is 1.